The first-order valence-corrected chi connectivity index (χ1v) is 6.89. The van der Waals surface area contributed by atoms with Gasteiger partial charge in [-0.3, -0.25) is 4.79 Å². The van der Waals surface area contributed by atoms with Crippen LogP contribution in [0.4, 0.5) is 0 Å². The van der Waals surface area contributed by atoms with Gasteiger partial charge in [-0.2, -0.15) is 0 Å². The molecule has 0 spiro atoms. The summed E-state index contributed by atoms with van der Waals surface area (Å²) >= 11 is 0. The van der Waals surface area contributed by atoms with E-state index in [0.29, 0.717) is 0 Å². The van der Waals surface area contributed by atoms with Gasteiger partial charge in [0.2, 0.25) is 5.91 Å². The molecule has 0 aliphatic carbocycles. The van der Waals surface area contributed by atoms with E-state index in [2.05, 4.69) is 11.4 Å². The van der Waals surface area contributed by atoms with Crippen LogP contribution in [0.15, 0.2) is 24.3 Å². The minimum Gasteiger partial charge on any atom is -0.497 e. The number of carbonyl (C=O) groups excluding carboxylic acids is 1. The zero-order chi connectivity index (χ0) is 13.7. The molecule has 1 amide bonds. The number of methoxy groups -OCH3 is 1. The number of hydrogen-bond acceptors (Lipinski definition) is 3. The van der Waals surface area contributed by atoms with Gasteiger partial charge in [-0.15, -0.1) is 0 Å². The predicted octanol–water partition coefficient (Wildman–Crippen LogP) is 1.45. The molecule has 19 heavy (non-hydrogen) atoms. The largest absolute Gasteiger partial charge is 0.497 e. The van der Waals surface area contributed by atoms with E-state index in [0.717, 1.165) is 38.2 Å². The Morgan fingerprint density at radius 3 is 3.05 bits per heavy atom. The van der Waals surface area contributed by atoms with Crippen LogP contribution in [0.2, 0.25) is 0 Å². The fourth-order valence-electron chi connectivity index (χ4n) is 2.49. The molecule has 1 heterocycles. The SMILES string of the molecule is CCNC1CCN(CCc2cccc(OC)c2)C1=O. The van der Waals surface area contributed by atoms with E-state index in [1.165, 1.54) is 5.56 Å². The number of amides is 1. The van der Waals surface area contributed by atoms with Gasteiger partial charge in [0.15, 0.2) is 0 Å². The topological polar surface area (TPSA) is 41.6 Å². The van der Waals surface area contributed by atoms with Crippen molar-refractivity contribution in [3.8, 4) is 5.75 Å². The molecule has 4 nitrogen and oxygen atoms in total. The minimum atomic E-state index is 0.0234. The Bertz CT molecular complexity index is 434. The second kappa shape index (κ2) is 6.57. The Morgan fingerprint density at radius 2 is 2.32 bits per heavy atom. The quantitative estimate of drug-likeness (QED) is 0.843. The smallest absolute Gasteiger partial charge is 0.239 e. The summed E-state index contributed by atoms with van der Waals surface area (Å²) in [6.07, 6.45) is 1.80. The third-order valence-electron chi connectivity index (χ3n) is 3.55. The van der Waals surface area contributed by atoms with E-state index in [1.807, 2.05) is 30.0 Å². The number of likely N-dealkylation sites (tertiary alicyclic amines) is 1. The molecular formula is C15H22N2O2. The molecule has 4 heteroatoms. The van der Waals surface area contributed by atoms with Gasteiger partial charge in [0, 0.05) is 13.1 Å². The number of carbonyl (C=O) groups is 1. The molecule has 1 aliphatic rings. The van der Waals surface area contributed by atoms with Crippen molar-refractivity contribution in [3.63, 3.8) is 0 Å². The maximum atomic E-state index is 12.1. The van der Waals surface area contributed by atoms with Crippen molar-refractivity contribution >= 4 is 5.91 Å². The second-order valence-electron chi connectivity index (χ2n) is 4.83. The fourth-order valence-corrected chi connectivity index (χ4v) is 2.49. The van der Waals surface area contributed by atoms with Crippen LogP contribution in [-0.2, 0) is 11.2 Å². The predicted molar refractivity (Wildman–Crippen MR) is 75.4 cm³/mol. The van der Waals surface area contributed by atoms with Gasteiger partial charge in [-0.1, -0.05) is 19.1 Å². The Morgan fingerprint density at radius 1 is 1.47 bits per heavy atom. The molecule has 0 radical (unpaired) electrons. The van der Waals surface area contributed by atoms with Crippen LogP contribution in [0.25, 0.3) is 0 Å². The first-order valence-electron chi connectivity index (χ1n) is 6.89. The molecule has 2 rings (SSSR count). The highest BCUT2D eigenvalue weighted by Gasteiger charge is 2.30. The minimum absolute atomic E-state index is 0.0234. The van der Waals surface area contributed by atoms with Gasteiger partial charge in [-0.05, 0) is 37.1 Å². The molecule has 0 saturated carbocycles. The number of benzene rings is 1. The molecule has 0 bridgehead atoms. The first-order chi connectivity index (χ1) is 9.24. The molecular weight excluding hydrogens is 240 g/mol. The number of rotatable bonds is 6. The summed E-state index contributed by atoms with van der Waals surface area (Å²) in [4.78, 5) is 14.0. The van der Waals surface area contributed by atoms with Crippen molar-refractivity contribution in [2.45, 2.75) is 25.8 Å². The van der Waals surface area contributed by atoms with Crippen molar-refractivity contribution in [1.29, 1.82) is 0 Å². The summed E-state index contributed by atoms with van der Waals surface area (Å²) in [6, 6.07) is 8.05. The van der Waals surface area contributed by atoms with E-state index in [9.17, 15) is 4.79 Å². The van der Waals surface area contributed by atoms with E-state index in [4.69, 9.17) is 4.74 Å². The zero-order valence-corrected chi connectivity index (χ0v) is 11.7. The summed E-state index contributed by atoms with van der Waals surface area (Å²) in [5, 5.41) is 3.23. The van der Waals surface area contributed by atoms with Gasteiger partial charge < -0.3 is 15.0 Å². The molecule has 0 aromatic heterocycles. The number of hydrogen-bond donors (Lipinski definition) is 1. The lowest BCUT2D eigenvalue weighted by molar-refractivity contribution is -0.129. The monoisotopic (exact) mass is 262 g/mol. The average molecular weight is 262 g/mol. The highest BCUT2D eigenvalue weighted by atomic mass is 16.5. The lowest BCUT2D eigenvalue weighted by Gasteiger charge is -2.17. The molecule has 1 atom stereocenters. The lowest BCUT2D eigenvalue weighted by Crippen LogP contribution is -2.38. The zero-order valence-electron chi connectivity index (χ0n) is 11.7. The molecule has 1 saturated heterocycles. The number of ether oxygens (including phenoxy) is 1. The molecule has 1 aliphatic heterocycles. The lowest BCUT2D eigenvalue weighted by atomic mass is 10.1. The van der Waals surface area contributed by atoms with Crippen LogP contribution in [-0.4, -0.2) is 43.6 Å². The van der Waals surface area contributed by atoms with Crippen molar-refractivity contribution in [1.82, 2.24) is 10.2 Å². The van der Waals surface area contributed by atoms with Crippen molar-refractivity contribution < 1.29 is 9.53 Å². The third-order valence-corrected chi connectivity index (χ3v) is 3.55. The van der Waals surface area contributed by atoms with Gasteiger partial charge in [-0.25, -0.2) is 0 Å². The highest BCUT2D eigenvalue weighted by Crippen LogP contribution is 2.15. The maximum absolute atomic E-state index is 12.1. The summed E-state index contributed by atoms with van der Waals surface area (Å²) < 4.78 is 5.21. The van der Waals surface area contributed by atoms with Gasteiger partial charge >= 0.3 is 0 Å². The van der Waals surface area contributed by atoms with E-state index in [1.54, 1.807) is 7.11 Å². The molecule has 1 fully saturated rings. The highest BCUT2D eigenvalue weighted by molar-refractivity contribution is 5.83. The van der Waals surface area contributed by atoms with Crippen molar-refractivity contribution in [3.05, 3.63) is 29.8 Å². The van der Waals surface area contributed by atoms with Crippen molar-refractivity contribution in [2.75, 3.05) is 26.7 Å². The van der Waals surface area contributed by atoms with E-state index in [-0.39, 0.29) is 11.9 Å². The Balaban J connectivity index is 1.87. The Labute approximate surface area is 114 Å². The van der Waals surface area contributed by atoms with Gasteiger partial charge in [0.05, 0.1) is 13.2 Å². The summed E-state index contributed by atoms with van der Waals surface area (Å²) in [6.45, 7) is 4.53. The van der Waals surface area contributed by atoms with Crippen LogP contribution in [0.5, 0.6) is 5.75 Å². The van der Waals surface area contributed by atoms with Crippen molar-refractivity contribution in [2.24, 2.45) is 0 Å². The Kier molecular flexibility index (Phi) is 4.80. The first kappa shape index (κ1) is 13.9. The molecule has 1 aromatic carbocycles. The summed E-state index contributed by atoms with van der Waals surface area (Å²) in [7, 11) is 1.67. The summed E-state index contributed by atoms with van der Waals surface area (Å²) in [5.41, 5.74) is 1.21. The van der Waals surface area contributed by atoms with Gasteiger partial charge in [0.1, 0.15) is 5.75 Å². The number of likely N-dealkylation sites (N-methyl/N-ethyl adjacent to an activating group) is 1. The van der Waals surface area contributed by atoms with Crippen LogP contribution >= 0.6 is 0 Å². The van der Waals surface area contributed by atoms with Crippen LogP contribution in [0.3, 0.4) is 0 Å². The maximum Gasteiger partial charge on any atom is 0.239 e. The average Bonchev–Trinajstić information content (AvgIpc) is 2.78. The molecule has 1 aromatic rings. The molecule has 1 N–H and O–H groups in total. The van der Waals surface area contributed by atoms with Crippen LogP contribution in [0, 0.1) is 0 Å². The van der Waals surface area contributed by atoms with Crippen LogP contribution in [0.1, 0.15) is 18.9 Å². The summed E-state index contributed by atoms with van der Waals surface area (Å²) in [5.74, 6) is 1.11. The number of nitrogens with one attached hydrogen (secondary N) is 1. The molecule has 1 unspecified atom stereocenters. The van der Waals surface area contributed by atoms with E-state index < -0.39 is 0 Å². The fraction of sp³-hybridized carbons (Fsp3) is 0.533. The van der Waals surface area contributed by atoms with E-state index >= 15 is 0 Å². The standard InChI is InChI=1S/C15H22N2O2/c1-3-16-14-8-10-17(15(14)18)9-7-12-5-4-6-13(11-12)19-2/h4-6,11,14,16H,3,7-10H2,1-2H3. The normalized spacial score (nSPS) is 18.9. The second-order valence-corrected chi connectivity index (χ2v) is 4.83. The van der Waals surface area contributed by atoms with Gasteiger partial charge in [0.25, 0.3) is 0 Å². The third kappa shape index (κ3) is 3.47. The number of nitrogens with zero attached hydrogens (tertiary/aromatic N) is 1. The molecule has 104 valence electrons. The van der Waals surface area contributed by atoms with Crippen LogP contribution < -0.4 is 10.1 Å². The Hall–Kier alpha value is -1.55.